The van der Waals surface area contributed by atoms with E-state index in [0.29, 0.717) is 31.2 Å². The molecule has 0 N–H and O–H groups in total. The molecule has 1 unspecified atom stereocenters. The molecule has 20 heavy (non-hydrogen) atoms. The van der Waals surface area contributed by atoms with Crippen LogP contribution in [0.2, 0.25) is 0 Å². The fraction of sp³-hybridized carbons (Fsp3) is 0.500. The Morgan fingerprint density at radius 2 is 2.35 bits per heavy atom. The summed E-state index contributed by atoms with van der Waals surface area (Å²) in [5.41, 5.74) is 0.786. The summed E-state index contributed by atoms with van der Waals surface area (Å²) in [6.07, 6.45) is 2.15. The van der Waals surface area contributed by atoms with Gasteiger partial charge < -0.3 is 9.64 Å². The van der Waals surface area contributed by atoms with Crippen LogP contribution >= 0.6 is 11.8 Å². The van der Waals surface area contributed by atoms with Crippen molar-refractivity contribution in [3.63, 3.8) is 0 Å². The second-order valence-corrected chi connectivity index (χ2v) is 5.86. The van der Waals surface area contributed by atoms with Gasteiger partial charge in [-0.3, -0.25) is 9.59 Å². The number of carbonyl (C=O) groups is 2. The summed E-state index contributed by atoms with van der Waals surface area (Å²) in [6, 6.07) is 3.61. The zero-order chi connectivity index (χ0) is 14.5. The molecule has 5 nitrogen and oxygen atoms in total. The minimum Gasteiger partial charge on any atom is -0.478 e. The van der Waals surface area contributed by atoms with Gasteiger partial charge in [0.2, 0.25) is 11.8 Å². The van der Waals surface area contributed by atoms with Crippen molar-refractivity contribution in [2.75, 3.05) is 23.8 Å². The number of thioether (sulfide) groups is 1. The van der Waals surface area contributed by atoms with Gasteiger partial charge in [0.15, 0.2) is 5.12 Å². The Labute approximate surface area is 122 Å². The van der Waals surface area contributed by atoms with E-state index in [4.69, 9.17) is 4.74 Å². The van der Waals surface area contributed by atoms with Gasteiger partial charge in [-0.15, -0.1) is 0 Å². The quantitative estimate of drug-likeness (QED) is 0.832. The van der Waals surface area contributed by atoms with Crippen LogP contribution in [0.25, 0.3) is 0 Å². The van der Waals surface area contributed by atoms with E-state index in [0.717, 1.165) is 5.69 Å². The van der Waals surface area contributed by atoms with Crippen molar-refractivity contribution < 1.29 is 14.3 Å². The van der Waals surface area contributed by atoms with Crippen LogP contribution in [0.1, 0.15) is 20.3 Å². The molecule has 1 aromatic rings. The highest BCUT2D eigenvalue weighted by molar-refractivity contribution is 8.13. The van der Waals surface area contributed by atoms with Crippen LogP contribution in [-0.2, 0) is 9.59 Å². The number of anilines is 1. The Morgan fingerprint density at radius 1 is 1.55 bits per heavy atom. The van der Waals surface area contributed by atoms with Crippen LogP contribution in [0.3, 0.4) is 0 Å². The third-order valence-corrected chi connectivity index (χ3v) is 4.10. The first-order valence-electron chi connectivity index (χ1n) is 6.62. The number of amides is 1. The predicted octanol–water partition coefficient (Wildman–Crippen LogP) is 2.11. The Hall–Kier alpha value is -1.56. The predicted molar refractivity (Wildman–Crippen MR) is 79.0 cm³/mol. The molecule has 108 valence electrons. The highest BCUT2D eigenvalue weighted by atomic mass is 32.2. The summed E-state index contributed by atoms with van der Waals surface area (Å²) in [5, 5.41) is 0.0960. The standard InChI is InChI=1S/C14H18N2O3S/c1-3-19-13-5-4-12(7-15-13)16-8-11(6-14(16)18)9-20-10(2)17/h4-5,7,11H,3,6,8-9H2,1-2H3. The van der Waals surface area contributed by atoms with Crippen molar-refractivity contribution in [3.8, 4) is 5.88 Å². The number of rotatable bonds is 5. The molecular weight excluding hydrogens is 276 g/mol. The van der Waals surface area contributed by atoms with Gasteiger partial charge in [0.25, 0.3) is 0 Å². The molecule has 1 saturated heterocycles. The normalized spacial score (nSPS) is 18.4. The number of hydrogen-bond acceptors (Lipinski definition) is 5. The summed E-state index contributed by atoms with van der Waals surface area (Å²) in [7, 11) is 0. The molecule has 2 heterocycles. The van der Waals surface area contributed by atoms with Crippen LogP contribution in [0.15, 0.2) is 18.3 Å². The van der Waals surface area contributed by atoms with E-state index in [1.54, 1.807) is 24.1 Å². The number of nitrogens with zero attached hydrogens (tertiary/aromatic N) is 2. The van der Waals surface area contributed by atoms with Gasteiger partial charge in [-0.2, -0.15) is 0 Å². The smallest absolute Gasteiger partial charge is 0.227 e. The number of aromatic nitrogens is 1. The largest absolute Gasteiger partial charge is 0.478 e. The van der Waals surface area contributed by atoms with E-state index >= 15 is 0 Å². The van der Waals surface area contributed by atoms with Gasteiger partial charge in [-0.25, -0.2) is 4.98 Å². The molecule has 1 aromatic heterocycles. The van der Waals surface area contributed by atoms with Crippen LogP contribution in [0.5, 0.6) is 5.88 Å². The first kappa shape index (κ1) is 14.8. The molecule has 1 atom stereocenters. The van der Waals surface area contributed by atoms with Crippen LogP contribution in [0.4, 0.5) is 5.69 Å². The number of hydrogen-bond donors (Lipinski definition) is 0. The number of ether oxygens (including phenoxy) is 1. The van der Waals surface area contributed by atoms with E-state index in [2.05, 4.69) is 4.98 Å². The van der Waals surface area contributed by atoms with E-state index < -0.39 is 0 Å². The first-order chi connectivity index (χ1) is 9.60. The first-order valence-corrected chi connectivity index (χ1v) is 7.61. The third kappa shape index (κ3) is 3.72. The molecule has 1 fully saturated rings. The molecule has 0 radical (unpaired) electrons. The second-order valence-electron chi connectivity index (χ2n) is 4.66. The molecular formula is C14H18N2O3S. The van der Waals surface area contributed by atoms with Crippen molar-refractivity contribution in [2.24, 2.45) is 5.92 Å². The SMILES string of the molecule is CCOc1ccc(N2CC(CSC(C)=O)CC2=O)cn1. The minimum atomic E-state index is 0.0881. The maximum atomic E-state index is 12.0. The topological polar surface area (TPSA) is 59.5 Å². The molecule has 1 aliphatic rings. The van der Waals surface area contributed by atoms with Crippen LogP contribution in [0, 0.1) is 5.92 Å². The van der Waals surface area contributed by atoms with E-state index in [1.807, 2.05) is 13.0 Å². The molecule has 0 spiro atoms. The van der Waals surface area contributed by atoms with Gasteiger partial charge in [0.05, 0.1) is 18.5 Å². The lowest BCUT2D eigenvalue weighted by atomic mass is 10.1. The Bertz CT molecular complexity index is 490. The summed E-state index contributed by atoms with van der Waals surface area (Å²) >= 11 is 1.28. The highest BCUT2D eigenvalue weighted by Gasteiger charge is 2.30. The monoisotopic (exact) mass is 294 g/mol. The second kappa shape index (κ2) is 6.74. The molecule has 0 aliphatic carbocycles. The minimum absolute atomic E-state index is 0.0881. The maximum absolute atomic E-state index is 12.0. The van der Waals surface area contributed by atoms with Gasteiger partial charge >= 0.3 is 0 Å². The zero-order valence-corrected chi connectivity index (χ0v) is 12.5. The summed E-state index contributed by atoms with van der Waals surface area (Å²) in [6.45, 7) is 4.67. The fourth-order valence-corrected chi connectivity index (χ4v) is 2.84. The highest BCUT2D eigenvalue weighted by Crippen LogP contribution is 2.27. The summed E-state index contributed by atoms with van der Waals surface area (Å²) in [4.78, 5) is 28.9. The van der Waals surface area contributed by atoms with Gasteiger partial charge in [0, 0.05) is 31.7 Å². The number of carbonyl (C=O) groups excluding carboxylic acids is 2. The maximum Gasteiger partial charge on any atom is 0.227 e. The fourth-order valence-electron chi connectivity index (χ4n) is 2.14. The third-order valence-electron chi connectivity index (χ3n) is 3.05. The molecule has 6 heteroatoms. The average molecular weight is 294 g/mol. The lowest BCUT2D eigenvalue weighted by Crippen LogP contribution is -2.24. The van der Waals surface area contributed by atoms with Crippen molar-refractivity contribution in [1.29, 1.82) is 0 Å². The van der Waals surface area contributed by atoms with Crippen molar-refractivity contribution in [1.82, 2.24) is 4.98 Å². The summed E-state index contributed by atoms with van der Waals surface area (Å²) in [5.74, 6) is 1.57. The van der Waals surface area contributed by atoms with Crippen LogP contribution < -0.4 is 9.64 Å². The number of pyridine rings is 1. The molecule has 0 bridgehead atoms. The average Bonchev–Trinajstić information content (AvgIpc) is 2.79. The van der Waals surface area contributed by atoms with Crippen molar-refractivity contribution >= 4 is 28.5 Å². The molecule has 1 amide bonds. The van der Waals surface area contributed by atoms with E-state index in [9.17, 15) is 9.59 Å². The van der Waals surface area contributed by atoms with Crippen LogP contribution in [-0.4, -0.2) is 34.9 Å². The molecule has 1 aliphatic heterocycles. The molecule has 0 aromatic carbocycles. The lowest BCUT2D eigenvalue weighted by Gasteiger charge is -2.16. The Balaban J connectivity index is 1.98. The van der Waals surface area contributed by atoms with Gasteiger partial charge in [-0.05, 0) is 18.9 Å². The zero-order valence-electron chi connectivity index (χ0n) is 11.7. The lowest BCUT2D eigenvalue weighted by molar-refractivity contribution is -0.117. The van der Waals surface area contributed by atoms with Crippen molar-refractivity contribution in [2.45, 2.75) is 20.3 Å². The van der Waals surface area contributed by atoms with Gasteiger partial charge in [-0.1, -0.05) is 11.8 Å². The Kier molecular flexibility index (Phi) is 5.00. The van der Waals surface area contributed by atoms with E-state index in [-0.39, 0.29) is 16.9 Å². The molecule has 2 rings (SSSR count). The van der Waals surface area contributed by atoms with E-state index in [1.165, 1.54) is 11.8 Å². The molecule has 0 saturated carbocycles. The van der Waals surface area contributed by atoms with Crippen molar-refractivity contribution in [3.05, 3.63) is 18.3 Å². The van der Waals surface area contributed by atoms with Gasteiger partial charge in [0.1, 0.15) is 0 Å². The summed E-state index contributed by atoms with van der Waals surface area (Å²) < 4.78 is 5.28. The Morgan fingerprint density at radius 3 is 2.95 bits per heavy atom.